The van der Waals surface area contributed by atoms with Crippen LogP contribution in [0.4, 0.5) is 0 Å². The first-order chi connectivity index (χ1) is 14.3. The van der Waals surface area contributed by atoms with Crippen LogP contribution in [0.1, 0.15) is 47.5 Å². The number of hydrogen-bond acceptors (Lipinski definition) is 6. The molecule has 0 heterocycles. The summed E-state index contributed by atoms with van der Waals surface area (Å²) in [6, 6.07) is 11.6. The van der Waals surface area contributed by atoms with Crippen molar-refractivity contribution in [2.75, 3.05) is 10.7 Å². The highest BCUT2D eigenvalue weighted by atomic mass is 79.9. The second kappa shape index (κ2) is 40.2. The molecule has 0 N–H and O–H groups in total. The summed E-state index contributed by atoms with van der Waals surface area (Å²) < 4.78 is -0.0816. The molecular weight excluding hydrogens is 792 g/mol. The van der Waals surface area contributed by atoms with Crippen molar-refractivity contribution in [2.45, 2.75) is 66.3 Å². The fraction of sp³-hybridized carbons (Fsp3) is 0.684. The summed E-state index contributed by atoms with van der Waals surface area (Å²) >= 11 is 18.7. The fourth-order valence-electron chi connectivity index (χ4n) is 0.356. The molecule has 12 heteroatoms. The molecule has 6 nitrogen and oxygen atoms in total. The summed E-state index contributed by atoms with van der Waals surface area (Å²) in [6.07, 6.45) is 1.55. The van der Waals surface area contributed by atoms with Gasteiger partial charge in [-0.1, -0.05) is 103 Å². The van der Waals surface area contributed by atoms with E-state index in [1.807, 2.05) is 38.1 Å². The van der Waals surface area contributed by atoms with Gasteiger partial charge in [0.05, 0.1) is 51.4 Å². The topological polar surface area (TPSA) is 143 Å². The normalized spacial score (nSPS) is 11.9. The lowest BCUT2D eigenvalue weighted by atomic mass is 10.1. The van der Waals surface area contributed by atoms with Gasteiger partial charge in [-0.2, -0.15) is 31.6 Å². The second-order valence-corrected chi connectivity index (χ2v) is 11.6. The molecule has 0 saturated heterocycles. The monoisotopic (exact) mass is 812 g/mol. The summed E-state index contributed by atoms with van der Waals surface area (Å²) in [5.74, 6) is 0. The first-order valence-corrected chi connectivity index (χ1v) is 14.1. The predicted molar refractivity (Wildman–Crippen MR) is 149 cm³/mol. The molecule has 0 aromatic rings. The first kappa shape index (κ1) is 44.5. The van der Waals surface area contributed by atoms with Crippen LogP contribution < -0.4 is 0 Å². The Morgan fingerprint density at radius 3 is 1.13 bits per heavy atom. The lowest BCUT2D eigenvalue weighted by Crippen LogP contribution is -2.25. The SMILES string of the molecule is CC#N.CC(Br)C#N.CC(Br)C#N.CCC(C)(Br)C(Br)C#N.N#CCBr.N#CCCBr. The van der Waals surface area contributed by atoms with Gasteiger partial charge in [0.15, 0.2) is 0 Å². The van der Waals surface area contributed by atoms with Crippen LogP contribution in [0.15, 0.2) is 0 Å². The van der Waals surface area contributed by atoms with Gasteiger partial charge in [-0.05, 0) is 27.2 Å². The molecule has 0 aromatic heterocycles. The number of alkyl halides is 6. The van der Waals surface area contributed by atoms with Crippen LogP contribution in [0, 0.1) is 68.0 Å². The van der Waals surface area contributed by atoms with Gasteiger partial charge in [-0.25, -0.2) is 0 Å². The molecule has 4 atom stereocenters. The third-order valence-electron chi connectivity index (χ3n) is 1.95. The average Bonchev–Trinajstić information content (AvgIpc) is 2.75. The van der Waals surface area contributed by atoms with Crippen molar-refractivity contribution < 1.29 is 0 Å². The number of rotatable bonds is 3. The van der Waals surface area contributed by atoms with Gasteiger partial charge in [0.25, 0.3) is 0 Å². The Morgan fingerprint density at radius 1 is 0.806 bits per heavy atom. The van der Waals surface area contributed by atoms with E-state index in [1.165, 1.54) is 6.92 Å². The van der Waals surface area contributed by atoms with E-state index < -0.39 is 0 Å². The summed E-state index contributed by atoms with van der Waals surface area (Å²) in [5.41, 5.74) is 0. The van der Waals surface area contributed by atoms with Crippen LogP contribution >= 0.6 is 95.6 Å². The summed E-state index contributed by atoms with van der Waals surface area (Å²) in [7, 11) is 0. The van der Waals surface area contributed by atoms with Gasteiger partial charge < -0.3 is 0 Å². The smallest absolute Gasteiger partial charge is 0.116 e. The lowest BCUT2D eigenvalue weighted by molar-refractivity contribution is 0.668. The summed E-state index contributed by atoms with van der Waals surface area (Å²) in [6.45, 7) is 9.02. The van der Waals surface area contributed by atoms with Crippen molar-refractivity contribution >= 4 is 95.6 Å². The minimum Gasteiger partial charge on any atom is -0.199 e. The molecule has 0 spiro atoms. The van der Waals surface area contributed by atoms with E-state index in [0.717, 1.165) is 11.8 Å². The predicted octanol–water partition coefficient (Wildman–Crippen LogP) is 8.15. The number of nitrogens with zero attached hydrogens (tertiary/aromatic N) is 6. The van der Waals surface area contributed by atoms with Crippen LogP contribution in [0.3, 0.4) is 0 Å². The zero-order chi connectivity index (χ0) is 26.3. The third-order valence-corrected chi connectivity index (χ3v) is 5.86. The van der Waals surface area contributed by atoms with Crippen molar-refractivity contribution in [1.29, 1.82) is 31.6 Å². The minimum absolute atomic E-state index is 0.00231. The van der Waals surface area contributed by atoms with Crippen LogP contribution in [-0.2, 0) is 0 Å². The van der Waals surface area contributed by atoms with E-state index in [4.69, 9.17) is 31.6 Å². The molecule has 174 valence electrons. The van der Waals surface area contributed by atoms with Crippen LogP contribution in [-0.4, -0.2) is 29.5 Å². The van der Waals surface area contributed by atoms with Crippen molar-refractivity contribution in [3.05, 3.63) is 0 Å². The molecule has 0 aromatic carbocycles. The number of hydrogen-bond donors (Lipinski definition) is 0. The number of halogens is 6. The van der Waals surface area contributed by atoms with E-state index in [2.05, 4.69) is 102 Å². The molecular formula is C19H26Br6N6. The second-order valence-electron chi connectivity index (χ2n) is 4.73. The van der Waals surface area contributed by atoms with Gasteiger partial charge in [-0.15, -0.1) is 0 Å². The Balaban J connectivity index is -0.0000000630. The summed E-state index contributed by atoms with van der Waals surface area (Å²) in [4.78, 5) is -0.0972. The molecule has 0 saturated carbocycles. The standard InChI is InChI=1S/C6H9Br2N.3C3H4BrN.C2H2BrN.C2H3N/c1-3-6(2,8)5(7)4-9;2*1-3(4)2-5;4-2-1-3-5;3-1-2-4;1-2-3/h5H,3H2,1-2H3;2*3H,1H3;1-2H2;1H2;1H3. The maximum absolute atomic E-state index is 8.47. The van der Waals surface area contributed by atoms with E-state index >= 15 is 0 Å². The van der Waals surface area contributed by atoms with Crippen molar-refractivity contribution in [2.24, 2.45) is 0 Å². The number of nitriles is 6. The fourth-order valence-corrected chi connectivity index (χ4v) is 0.959. The molecule has 0 amide bonds. The molecule has 31 heavy (non-hydrogen) atoms. The Bertz CT molecular complexity index is 595. The molecule has 4 unspecified atom stereocenters. The Kier molecular flexibility index (Phi) is 57.7. The molecule has 0 fully saturated rings. The van der Waals surface area contributed by atoms with Crippen LogP contribution in [0.25, 0.3) is 0 Å². The highest BCUT2D eigenvalue weighted by Gasteiger charge is 2.26. The third kappa shape index (κ3) is 72.7. The van der Waals surface area contributed by atoms with Gasteiger partial charge in [-0.3, -0.25) is 0 Å². The highest BCUT2D eigenvalue weighted by Crippen LogP contribution is 2.30. The Morgan fingerprint density at radius 2 is 1.10 bits per heavy atom. The maximum Gasteiger partial charge on any atom is 0.116 e. The average molecular weight is 818 g/mol. The van der Waals surface area contributed by atoms with Crippen LogP contribution in [0.2, 0.25) is 0 Å². The summed E-state index contributed by atoms with van der Waals surface area (Å²) in [5, 5.41) is 48.1. The molecule has 0 aliphatic rings. The molecule has 0 aliphatic heterocycles. The van der Waals surface area contributed by atoms with Gasteiger partial charge in [0, 0.05) is 23.0 Å². The first-order valence-electron chi connectivity index (χ1n) is 8.30. The van der Waals surface area contributed by atoms with E-state index in [-0.39, 0.29) is 18.8 Å². The van der Waals surface area contributed by atoms with E-state index in [1.54, 1.807) is 19.9 Å². The minimum atomic E-state index is -0.102. The molecule has 0 radical (unpaired) electrons. The molecule has 0 bridgehead atoms. The van der Waals surface area contributed by atoms with Gasteiger partial charge in [0.1, 0.15) is 4.83 Å². The highest BCUT2D eigenvalue weighted by molar-refractivity contribution is 9.12. The van der Waals surface area contributed by atoms with Crippen LogP contribution in [0.5, 0.6) is 0 Å². The largest absolute Gasteiger partial charge is 0.199 e. The Labute approximate surface area is 238 Å². The maximum atomic E-state index is 8.47. The molecule has 0 rings (SSSR count). The van der Waals surface area contributed by atoms with Crippen molar-refractivity contribution in [1.82, 2.24) is 0 Å². The Hall–Kier alpha value is -0.180. The lowest BCUT2D eigenvalue weighted by Gasteiger charge is -2.20. The quantitative estimate of drug-likeness (QED) is 0.263. The van der Waals surface area contributed by atoms with Crippen molar-refractivity contribution in [3.63, 3.8) is 0 Å². The zero-order valence-electron chi connectivity index (χ0n) is 18.0. The van der Waals surface area contributed by atoms with Gasteiger partial charge in [0.2, 0.25) is 0 Å². The zero-order valence-corrected chi connectivity index (χ0v) is 27.5. The molecule has 0 aliphatic carbocycles. The van der Waals surface area contributed by atoms with Gasteiger partial charge >= 0.3 is 0 Å². The van der Waals surface area contributed by atoms with E-state index in [9.17, 15) is 0 Å². The van der Waals surface area contributed by atoms with Crippen molar-refractivity contribution in [3.8, 4) is 36.4 Å². The van der Waals surface area contributed by atoms with E-state index in [0.29, 0.717) is 11.8 Å².